The Bertz CT molecular complexity index is 790. The van der Waals surface area contributed by atoms with Gasteiger partial charge in [-0.05, 0) is 30.3 Å². The first-order chi connectivity index (χ1) is 11.5. The van der Waals surface area contributed by atoms with Crippen LogP contribution in [-0.4, -0.2) is 12.0 Å². The first kappa shape index (κ1) is 16.5. The van der Waals surface area contributed by atoms with Crippen LogP contribution in [0, 0.1) is 0 Å². The quantitative estimate of drug-likeness (QED) is 0.621. The van der Waals surface area contributed by atoms with E-state index in [0.29, 0.717) is 5.76 Å². The van der Waals surface area contributed by atoms with E-state index in [9.17, 15) is 0 Å². The van der Waals surface area contributed by atoms with Crippen molar-refractivity contribution in [1.29, 1.82) is 0 Å². The standard InChI is InChI=1S/C20H18BrNO2/c1-20(2)23-18(12-13-22-17-10-8-16(21)9-11-17)14-19(24-20)15-6-4-3-5-7-15/h3-14H,1-2H3/b18-12-,22-13?. The van der Waals surface area contributed by atoms with Gasteiger partial charge in [0.1, 0.15) is 11.5 Å². The summed E-state index contributed by atoms with van der Waals surface area (Å²) in [5, 5.41) is 0. The molecule has 3 nitrogen and oxygen atoms in total. The lowest BCUT2D eigenvalue weighted by atomic mass is 10.1. The first-order valence-corrected chi connectivity index (χ1v) is 8.46. The molecule has 0 atom stereocenters. The molecule has 0 amide bonds. The minimum absolute atomic E-state index is 0.714. The summed E-state index contributed by atoms with van der Waals surface area (Å²) in [6, 6.07) is 17.8. The number of benzene rings is 2. The SMILES string of the molecule is CC1(C)OC(c2ccccc2)=C/C(=C/C=Nc2ccc(Br)cc2)O1. The van der Waals surface area contributed by atoms with Gasteiger partial charge in [-0.3, -0.25) is 4.99 Å². The molecule has 0 N–H and O–H groups in total. The van der Waals surface area contributed by atoms with E-state index in [1.54, 1.807) is 6.21 Å². The Morgan fingerprint density at radius 3 is 2.38 bits per heavy atom. The average molecular weight is 384 g/mol. The lowest BCUT2D eigenvalue weighted by Gasteiger charge is -2.33. The Balaban J connectivity index is 1.84. The van der Waals surface area contributed by atoms with Crippen LogP contribution in [0.25, 0.3) is 5.76 Å². The van der Waals surface area contributed by atoms with Crippen molar-refractivity contribution in [2.75, 3.05) is 0 Å². The molecule has 1 aliphatic heterocycles. The summed E-state index contributed by atoms with van der Waals surface area (Å²) in [4.78, 5) is 4.41. The van der Waals surface area contributed by atoms with E-state index in [1.807, 2.05) is 80.6 Å². The highest BCUT2D eigenvalue weighted by atomic mass is 79.9. The molecule has 0 unspecified atom stereocenters. The minimum Gasteiger partial charge on any atom is -0.453 e. The van der Waals surface area contributed by atoms with E-state index in [4.69, 9.17) is 9.47 Å². The highest BCUT2D eigenvalue weighted by Crippen LogP contribution is 2.32. The van der Waals surface area contributed by atoms with Crippen molar-refractivity contribution < 1.29 is 9.47 Å². The lowest BCUT2D eigenvalue weighted by molar-refractivity contribution is -0.149. The van der Waals surface area contributed by atoms with Gasteiger partial charge < -0.3 is 9.47 Å². The summed E-state index contributed by atoms with van der Waals surface area (Å²) in [5.41, 5.74) is 1.90. The van der Waals surface area contributed by atoms with Gasteiger partial charge in [-0.1, -0.05) is 46.3 Å². The number of nitrogens with zero attached hydrogens (tertiary/aromatic N) is 1. The molecular formula is C20H18BrNO2. The number of aliphatic imine (C=N–C) groups is 1. The second-order valence-electron chi connectivity index (χ2n) is 5.80. The molecule has 2 aromatic carbocycles. The van der Waals surface area contributed by atoms with Crippen LogP contribution in [-0.2, 0) is 9.47 Å². The summed E-state index contributed by atoms with van der Waals surface area (Å²) >= 11 is 3.41. The average Bonchev–Trinajstić information content (AvgIpc) is 2.56. The lowest BCUT2D eigenvalue weighted by Crippen LogP contribution is -2.30. The highest BCUT2D eigenvalue weighted by Gasteiger charge is 2.28. The molecule has 2 aromatic rings. The van der Waals surface area contributed by atoms with Crippen molar-refractivity contribution in [3.8, 4) is 0 Å². The molecule has 4 heteroatoms. The molecule has 0 aromatic heterocycles. The second-order valence-corrected chi connectivity index (χ2v) is 6.72. The Hall–Kier alpha value is -2.33. The van der Waals surface area contributed by atoms with E-state index in [2.05, 4.69) is 20.9 Å². The molecule has 3 rings (SSSR count). The van der Waals surface area contributed by atoms with Gasteiger partial charge in [-0.15, -0.1) is 0 Å². The van der Waals surface area contributed by atoms with Crippen molar-refractivity contribution in [2.45, 2.75) is 19.6 Å². The van der Waals surface area contributed by atoms with Gasteiger partial charge >= 0.3 is 0 Å². The number of ether oxygens (including phenoxy) is 2. The number of hydrogen-bond acceptors (Lipinski definition) is 3. The van der Waals surface area contributed by atoms with Gasteiger partial charge in [0.2, 0.25) is 5.79 Å². The molecule has 0 aliphatic carbocycles. The maximum Gasteiger partial charge on any atom is 0.245 e. The van der Waals surface area contributed by atoms with Crippen LogP contribution >= 0.6 is 15.9 Å². The molecule has 1 aliphatic rings. The Morgan fingerprint density at radius 1 is 0.958 bits per heavy atom. The number of halogens is 1. The number of hydrogen-bond donors (Lipinski definition) is 0. The predicted octanol–water partition coefficient (Wildman–Crippen LogP) is 5.86. The number of rotatable bonds is 3. The predicted molar refractivity (Wildman–Crippen MR) is 101 cm³/mol. The van der Waals surface area contributed by atoms with Crippen LogP contribution in [0.15, 0.2) is 82.0 Å². The van der Waals surface area contributed by atoms with E-state index in [-0.39, 0.29) is 0 Å². The van der Waals surface area contributed by atoms with Gasteiger partial charge in [-0.2, -0.15) is 0 Å². The van der Waals surface area contributed by atoms with E-state index >= 15 is 0 Å². The van der Waals surface area contributed by atoms with E-state index < -0.39 is 5.79 Å². The summed E-state index contributed by atoms with van der Waals surface area (Å²) in [7, 11) is 0. The second kappa shape index (κ2) is 7.05. The molecule has 24 heavy (non-hydrogen) atoms. The van der Waals surface area contributed by atoms with Gasteiger partial charge in [0.05, 0.1) is 5.69 Å². The van der Waals surface area contributed by atoms with Crippen molar-refractivity contribution in [1.82, 2.24) is 0 Å². The van der Waals surface area contributed by atoms with Crippen molar-refractivity contribution >= 4 is 33.6 Å². The van der Waals surface area contributed by atoms with Crippen LogP contribution in [0.1, 0.15) is 19.4 Å². The fourth-order valence-electron chi connectivity index (χ4n) is 2.31. The fourth-order valence-corrected chi connectivity index (χ4v) is 2.57. The third kappa shape index (κ3) is 4.36. The fraction of sp³-hybridized carbons (Fsp3) is 0.150. The van der Waals surface area contributed by atoms with Crippen LogP contribution < -0.4 is 0 Å². The third-order valence-electron chi connectivity index (χ3n) is 3.34. The van der Waals surface area contributed by atoms with Crippen molar-refractivity contribution in [2.24, 2.45) is 4.99 Å². The minimum atomic E-state index is -0.725. The molecular weight excluding hydrogens is 366 g/mol. The number of allylic oxidation sites excluding steroid dienone is 2. The summed E-state index contributed by atoms with van der Waals surface area (Å²) in [5.74, 6) is 0.776. The van der Waals surface area contributed by atoms with Gasteiger partial charge in [0.25, 0.3) is 0 Å². The summed E-state index contributed by atoms with van der Waals surface area (Å²) in [6.07, 6.45) is 5.46. The maximum absolute atomic E-state index is 5.92. The molecule has 0 saturated carbocycles. The Labute approximate surface area is 150 Å². The van der Waals surface area contributed by atoms with Crippen LogP contribution in [0.4, 0.5) is 5.69 Å². The Morgan fingerprint density at radius 2 is 1.67 bits per heavy atom. The molecule has 0 bridgehead atoms. The van der Waals surface area contributed by atoms with Gasteiger partial charge in [-0.25, -0.2) is 0 Å². The third-order valence-corrected chi connectivity index (χ3v) is 3.87. The van der Waals surface area contributed by atoms with E-state index in [1.165, 1.54) is 0 Å². The zero-order valence-electron chi connectivity index (χ0n) is 13.6. The molecule has 0 radical (unpaired) electrons. The van der Waals surface area contributed by atoms with Crippen molar-refractivity contribution in [3.05, 3.63) is 82.5 Å². The molecule has 122 valence electrons. The maximum atomic E-state index is 5.92. The van der Waals surface area contributed by atoms with Crippen LogP contribution in [0.2, 0.25) is 0 Å². The topological polar surface area (TPSA) is 30.8 Å². The first-order valence-electron chi connectivity index (χ1n) is 7.67. The van der Waals surface area contributed by atoms with Crippen molar-refractivity contribution in [3.63, 3.8) is 0 Å². The largest absolute Gasteiger partial charge is 0.453 e. The van der Waals surface area contributed by atoms with Crippen LogP contribution in [0.3, 0.4) is 0 Å². The highest BCUT2D eigenvalue weighted by molar-refractivity contribution is 9.10. The molecule has 1 heterocycles. The molecule has 0 saturated heterocycles. The molecule has 0 spiro atoms. The monoisotopic (exact) mass is 383 g/mol. The van der Waals surface area contributed by atoms with Gasteiger partial charge in [0.15, 0.2) is 0 Å². The van der Waals surface area contributed by atoms with Crippen LogP contribution in [0.5, 0.6) is 0 Å². The summed E-state index contributed by atoms with van der Waals surface area (Å²) in [6.45, 7) is 3.78. The zero-order chi connectivity index (χ0) is 17.0. The zero-order valence-corrected chi connectivity index (χ0v) is 15.2. The summed E-state index contributed by atoms with van der Waals surface area (Å²) < 4.78 is 12.8. The van der Waals surface area contributed by atoms with Gasteiger partial charge in [0, 0.05) is 36.2 Å². The smallest absolute Gasteiger partial charge is 0.245 e. The normalized spacial score (nSPS) is 18.1. The Kier molecular flexibility index (Phi) is 4.86. The molecule has 0 fully saturated rings. The van der Waals surface area contributed by atoms with E-state index in [0.717, 1.165) is 21.5 Å².